The van der Waals surface area contributed by atoms with Crippen LogP contribution < -0.4 is 5.32 Å². The summed E-state index contributed by atoms with van der Waals surface area (Å²) in [5.41, 5.74) is 1.30. The lowest BCUT2D eigenvalue weighted by atomic mass is 10.1. The maximum atomic E-state index is 11.3. The minimum atomic E-state index is 0.169. The van der Waals surface area contributed by atoms with Gasteiger partial charge in [-0.1, -0.05) is 52.9 Å². The highest BCUT2D eigenvalue weighted by Crippen LogP contribution is 2.04. The Hall–Kier alpha value is -0.580. The second kappa shape index (κ2) is 7.68. The molecular formula is C12H16INO. The van der Waals surface area contributed by atoms with Crippen LogP contribution in [-0.2, 0) is 11.2 Å². The SMILES string of the molecule is O=C(CCCc1ccccc1)NCCI. The van der Waals surface area contributed by atoms with E-state index < -0.39 is 0 Å². The first-order chi connectivity index (χ1) is 7.33. The summed E-state index contributed by atoms with van der Waals surface area (Å²) in [5, 5.41) is 2.87. The van der Waals surface area contributed by atoms with E-state index in [2.05, 4.69) is 40.0 Å². The third kappa shape index (κ3) is 5.77. The molecule has 82 valence electrons. The zero-order valence-electron chi connectivity index (χ0n) is 8.71. The third-order valence-electron chi connectivity index (χ3n) is 2.13. The van der Waals surface area contributed by atoms with Crippen molar-refractivity contribution in [2.75, 3.05) is 11.0 Å². The highest BCUT2D eigenvalue weighted by atomic mass is 127. The maximum absolute atomic E-state index is 11.3. The first-order valence-corrected chi connectivity index (χ1v) is 6.72. The van der Waals surface area contributed by atoms with Crippen LogP contribution in [0.4, 0.5) is 0 Å². The lowest BCUT2D eigenvalue weighted by Gasteiger charge is -2.03. The largest absolute Gasteiger partial charge is 0.355 e. The molecular weight excluding hydrogens is 301 g/mol. The van der Waals surface area contributed by atoms with E-state index in [0.29, 0.717) is 6.42 Å². The van der Waals surface area contributed by atoms with E-state index in [-0.39, 0.29) is 5.91 Å². The fourth-order valence-corrected chi connectivity index (χ4v) is 1.64. The Morgan fingerprint density at radius 3 is 2.67 bits per heavy atom. The molecule has 0 bridgehead atoms. The predicted octanol–water partition coefficient (Wildman–Crippen LogP) is 2.56. The van der Waals surface area contributed by atoms with E-state index in [1.165, 1.54) is 5.56 Å². The molecule has 1 amide bonds. The number of halogens is 1. The summed E-state index contributed by atoms with van der Waals surface area (Å²) in [7, 11) is 0. The Morgan fingerprint density at radius 2 is 2.00 bits per heavy atom. The normalized spacial score (nSPS) is 9.93. The van der Waals surface area contributed by atoms with Crippen LogP contribution in [-0.4, -0.2) is 16.9 Å². The van der Waals surface area contributed by atoms with Gasteiger partial charge in [0.15, 0.2) is 0 Å². The molecule has 3 heteroatoms. The third-order valence-corrected chi connectivity index (χ3v) is 2.67. The molecule has 0 aliphatic rings. The van der Waals surface area contributed by atoms with Crippen molar-refractivity contribution in [2.45, 2.75) is 19.3 Å². The van der Waals surface area contributed by atoms with Crippen LogP contribution in [0.2, 0.25) is 0 Å². The van der Waals surface area contributed by atoms with Crippen molar-refractivity contribution in [3.05, 3.63) is 35.9 Å². The molecule has 1 aromatic carbocycles. The lowest BCUT2D eigenvalue weighted by molar-refractivity contribution is -0.121. The van der Waals surface area contributed by atoms with Crippen molar-refractivity contribution >= 4 is 28.5 Å². The zero-order valence-corrected chi connectivity index (χ0v) is 10.9. The Labute approximate surface area is 105 Å². The Morgan fingerprint density at radius 1 is 1.27 bits per heavy atom. The predicted molar refractivity (Wildman–Crippen MR) is 71.3 cm³/mol. The van der Waals surface area contributed by atoms with Gasteiger partial charge in [0.1, 0.15) is 0 Å². The van der Waals surface area contributed by atoms with E-state index in [1.54, 1.807) is 0 Å². The lowest BCUT2D eigenvalue weighted by Crippen LogP contribution is -2.24. The highest BCUT2D eigenvalue weighted by molar-refractivity contribution is 14.1. The van der Waals surface area contributed by atoms with E-state index >= 15 is 0 Å². The fourth-order valence-electron chi connectivity index (χ4n) is 1.37. The highest BCUT2D eigenvalue weighted by Gasteiger charge is 1.99. The van der Waals surface area contributed by atoms with Crippen LogP contribution in [0, 0.1) is 0 Å². The molecule has 0 saturated carbocycles. The minimum absolute atomic E-state index is 0.169. The fraction of sp³-hybridized carbons (Fsp3) is 0.417. The van der Waals surface area contributed by atoms with Gasteiger partial charge < -0.3 is 5.32 Å². The van der Waals surface area contributed by atoms with Gasteiger partial charge in [-0.2, -0.15) is 0 Å². The number of hydrogen-bond donors (Lipinski definition) is 1. The van der Waals surface area contributed by atoms with Gasteiger partial charge in [0, 0.05) is 17.4 Å². The van der Waals surface area contributed by atoms with Gasteiger partial charge >= 0.3 is 0 Å². The van der Waals surface area contributed by atoms with E-state index in [4.69, 9.17) is 0 Å². The monoisotopic (exact) mass is 317 g/mol. The number of aryl methyl sites for hydroxylation is 1. The van der Waals surface area contributed by atoms with Gasteiger partial charge in [0.2, 0.25) is 5.91 Å². The van der Waals surface area contributed by atoms with E-state index in [1.807, 2.05) is 18.2 Å². The molecule has 0 unspecified atom stereocenters. The Balaban J connectivity index is 2.14. The van der Waals surface area contributed by atoms with Gasteiger partial charge in [-0.3, -0.25) is 4.79 Å². The van der Waals surface area contributed by atoms with Crippen molar-refractivity contribution in [1.29, 1.82) is 0 Å². The van der Waals surface area contributed by atoms with Crippen LogP contribution in [0.3, 0.4) is 0 Å². The van der Waals surface area contributed by atoms with E-state index in [9.17, 15) is 4.79 Å². The molecule has 0 spiro atoms. The van der Waals surface area contributed by atoms with Crippen molar-refractivity contribution in [3.63, 3.8) is 0 Å². The van der Waals surface area contributed by atoms with Crippen LogP contribution in [0.25, 0.3) is 0 Å². The number of benzene rings is 1. The average Bonchev–Trinajstić information content (AvgIpc) is 2.28. The quantitative estimate of drug-likeness (QED) is 0.634. The molecule has 1 rings (SSSR count). The van der Waals surface area contributed by atoms with Crippen LogP contribution in [0.1, 0.15) is 18.4 Å². The van der Waals surface area contributed by atoms with Gasteiger partial charge in [0.05, 0.1) is 0 Å². The number of carbonyl (C=O) groups excluding carboxylic acids is 1. The zero-order chi connectivity index (χ0) is 10.9. The average molecular weight is 317 g/mol. The second-order valence-electron chi connectivity index (χ2n) is 3.38. The molecule has 1 aromatic rings. The smallest absolute Gasteiger partial charge is 0.220 e. The first kappa shape index (κ1) is 12.5. The van der Waals surface area contributed by atoms with Gasteiger partial charge in [-0.05, 0) is 18.4 Å². The molecule has 0 heterocycles. The molecule has 0 atom stereocenters. The maximum Gasteiger partial charge on any atom is 0.220 e. The summed E-state index contributed by atoms with van der Waals surface area (Å²) in [5.74, 6) is 0.169. The van der Waals surface area contributed by atoms with Gasteiger partial charge in [-0.15, -0.1) is 0 Å². The van der Waals surface area contributed by atoms with Crippen molar-refractivity contribution in [1.82, 2.24) is 5.32 Å². The molecule has 2 nitrogen and oxygen atoms in total. The van der Waals surface area contributed by atoms with Crippen molar-refractivity contribution in [2.24, 2.45) is 0 Å². The van der Waals surface area contributed by atoms with Crippen LogP contribution in [0.15, 0.2) is 30.3 Å². The summed E-state index contributed by atoms with van der Waals surface area (Å²) in [4.78, 5) is 11.3. The van der Waals surface area contributed by atoms with Gasteiger partial charge in [0.25, 0.3) is 0 Å². The summed E-state index contributed by atoms with van der Waals surface area (Å²) >= 11 is 2.25. The Kier molecular flexibility index (Phi) is 6.39. The van der Waals surface area contributed by atoms with Crippen LogP contribution in [0.5, 0.6) is 0 Å². The number of amides is 1. The summed E-state index contributed by atoms with van der Waals surface area (Å²) in [6.07, 6.45) is 2.54. The van der Waals surface area contributed by atoms with Crippen molar-refractivity contribution in [3.8, 4) is 0 Å². The Bertz CT molecular complexity index is 287. The minimum Gasteiger partial charge on any atom is -0.355 e. The van der Waals surface area contributed by atoms with Crippen LogP contribution >= 0.6 is 22.6 Å². The number of hydrogen-bond acceptors (Lipinski definition) is 1. The molecule has 0 aliphatic carbocycles. The topological polar surface area (TPSA) is 29.1 Å². The number of rotatable bonds is 6. The standard InChI is InChI=1S/C12H16INO/c13-9-10-14-12(15)8-4-7-11-5-2-1-3-6-11/h1-3,5-6H,4,7-10H2,(H,14,15). The molecule has 0 aromatic heterocycles. The first-order valence-electron chi connectivity index (χ1n) is 5.19. The molecule has 0 radical (unpaired) electrons. The van der Waals surface area contributed by atoms with E-state index in [0.717, 1.165) is 23.8 Å². The molecule has 0 saturated heterocycles. The molecule has 15 heavy (non-hydrogen) atoms. The summed E-state index contributed by atoms with van der Waals surface area (Å²) < 4.78 is 0.974. The van der Waals surface area contributed by atoms with Crippen molar-refractivity contribution < 1.29 is 4.79 Å². The summed E-state index contributed by atoms with van der Waals surface area (Å²) in [6, 6.07) is 10.3. The number of carbonyl (C=O) groups is 1. The number of alkyl halides is 1. The summed E-state index contributed by atoms with van der Waals surface area (Å²) in [6.45, 7) is 0.782. The molecule has 0 aliphatic heterocycles. The van der Waals surface area contributed by atoms with Gasteiger partial charge in [-0.25, -0.2) is 0 Å². The second-order valence-corrected chi connectivity index (χ2v) is 4.46. The molecule has 0 fully saturated rings. The molecule has 1 N–H and O–H groups in total. The number of nitrogens with one attached hydrogen (secondary N) is 1.